The van der Waals surface area contributed by atoms with Gasteiger partial charge in [0.25, 0.3) is 0 Å². The van der Waals surface area contributed by atoms with Gasteiger partial charge in [-0.05, 0) is 23.8 Å². The van der Waals surface area contributed by atoms with E-state index in [0.29, 0.717) is 11.8 Å². The Morgan fingerprint density at radius 1 is 1.27 bits per heavy atom. The molecular formula is C10H18O. The van der Waals surface area contributed by atoms with Crippen LogP contribution in [0.15, 0.2) is 11.6 Å². The number of carbonyl (C=O) groups excluding carboxylic acids is 1. The van der Waals surface area contributed by atoms with Crippen LogP contribution in [0.2, 0.25) is 0 Å². The summed E-state index contributed by atoms with van der Waals surface area (Å²) in [5, 5.41) is 0. The Bertz CT molecular complexity index is 143. The molecule has 0 N–H and O–H groups in total. The molecule has 0 atom stereocenters. The van der Waals surface area contributed by atoms with Crippen LogP contribution in [0, 0.1) is 11.8 Å². The summed E-state index contributed by atoms with van der Waals surface area (Å²) in [4.78, 5) is 10.5. The van der Waals surface area contributed by atoms with E-state index in [9.17, 15) is 4.79 Å². The summed E-state index contributed by atoms with van der Waals surface area (Å²) in [7, 11) is 0. The van der Waals surface area contributed by atoms with Gasteiger partial charge in [-0.15, -0.1) is 0 Å². The molecular weight excluding hydrogens is 136 g/mol. The topological polar surface area (TPSA) is 17.1 Å². The number of hydrogen-bond acceptors (Lipinski definition) is 1. The molecule has 0 aromatic heterocycles. The van der Waals surface area contributed by atoms with Crippen LogP contribution in [0.25, 0.3) is 0 Å². The maximum atomic E-state index is 10.5. The monoisotopic (exact) mass is 154 g/mol. The maximum absolute atomic E-state index is 10.5. The minimum atomic E-state index is 0.367. The standard InChI is InChI=1S/C10H18O/c1-8(2)5-6-10(7-11)9(3)4/h6-9H,5H2,1-4H3. The SMILES string of the molecule is CC(C)CC=C(C=O)C(C)C. The normalized spacial score (nSPS) is 12.7. The van der Waals surface area contributed by atoms with E-state index in [1.54, 1.807) is 0 Å². The average Bonchev–Trinajstić information content (AvgIpc) is 1.87. The van der Waals surface area contributed by atoms with E-state index < -0.39 is 0 Å². The molecule has 0 rings (SSSR count). The van der Waals surface area contributed by atoms with Crippen molar-refractivity contribution in [3.8, 4) is 0 Å². The first-order valence-electron chi connectivity index (χ1n) is 4.23. The third kappa shape index (κ3) is 4.77. The second kappa shape index (κ2) is 5.11. The molecule has 0 unspecified atom stereocenters. The molecule has 0 aliphatic heterocycles. The number of carbonyl (C=O) groups is 1. The first kappa shape index (κ1) is 10.4. The van der Waals surface area contributed by atoms with E-state index >= 15 is 0 Å². The molecule has 0 bridgehead atoms. The zero-order valence-corrected chi connectivity index (χ0v) is 7.92. The highest BCUT2D eigenvalue weighted by molar-refractivity contribution is 5.73. The highest BCUT2D eigenvalue weighted by atomic mass is 16.1. The van der Waals surface area contributed by atoms with Gasteiger partial charge in [0, 0.05) is 0 Å². The van der Waals surface area contributed by atoms with E-state index in [1.807, 2.05) is 19.9 Å². The molecule has 0 saturated heterocycles. The highest BCUT2D eigenvalue weighted by Crippen LogP contribution is 2.10. The van der Waals surface area contributed by atoms with E-state index in [1.165, 1.54) is 0 Å². The molecule has 0 aromatic carbocycles. The number of aldehydes is 1. The highest BCUT2D eigenvalue weighted by Gasteiger charge is 2.00. The van der Waals surface area contributed by atoms with E-state index in [0.717, 1.165) is 18.3 Å². The lowest BCUT2D eigenvalue weighted by molar-refractivity contribution is -0.105. The van der Waals surface area contributed by atoms with Gasteiger partial charge in [0.2, 0.25) is 0 Å². The lowest BCUT2D eigenvalue weighted by Gasteiger charge is -2.04. The predicted molar refractivity (Wildman–Crippen MR) is 48.4 cm³/mol. The van der Waals surface area contributed by atoms with Gasteiger partial charge < -0.3 is 0 Å². The van der Waals surface area contributed by atoms with Gasteiger partial charge in [0.05, 0.1) is 0 Å². The van der Waals surface area contributed by atoms with Crippen molar-refractivity contribution in [3.05, 3.63) is 11.6 Å². The van der Waals surface area contributed by atoms with E-state index in [4.69, 9.17) is 0 Å². The second-order valence-electron chi connectivity index (χ2n) is 3.61. The third-order valence-electron chi connectivity index (χ3n) is 1.63. The number of hydrogen-bond donors (Lipinski definition) is 0. The Labute approximate surface area is 69.5 Å². The van der Waals surface area contributed by atoms with Gasteiger partial charge in [-0.2, -0.15) is 0 Å². The molecule has 11 heavy (non-hydrogen) atoms. The van der Waals surface area contributed by atoms with Crippen LogP contribution in [0.3, 0.4) is 0 Å². The largest absolute Gasteiger partial charge is 0.298 e. The molecule has 0 spiro atoms. The summed E-state index contributed by atoms with van der Waals surface area (Å²) >= 11 is 0. The van der Waals surface area contributed by atoms with Crippen LogP contribution in [0.4, 0.5) is 0 Å². The molecule has 1 heteroatoms. The average molecular weight is 154 g/mol. The van der Waals surface area contributed by atoms with Crippen LogP contribution in [0.5, 0.6) is 0 Å². The summed E-state index contributed by atoms with van der Waals surface area (Å²) in [6.07, 6.45) is 4.02. The molecule has 0 fully saturated rings. The van der Waals surface area contributed by atoms with Gasteiger partial charge in [0.1, 0.15) is 6.29 Å². The molecule has 0 radical (unpaired) electrons. The minimum absolute atomic E-state index is 0.367. The Morgan fingerprint density at radius 2 is 1.82 bits per heavy atom. The fourth-order valence-corrected chi connectivity index (χ4v) is 0.792. The predicted octanol–water partition coefficient (Wildman–Crippen LogP) is 2.81. The van der Waals surface area contributed by atoms with Crippen molar-refractivity contribution in [1.29, 1.82) is 0 Å². The zero-order chi connectivity index (χ0) is 8.85. The maximum Gasteiger partial charge on any atom is 0.145 e. The van der Waals surface area contributed by atoms with Crippen LogP contribution in [0.1, 0.15) is 34.1 Å². The molecule has 0 aliphatic rings. The van der Waals surface area contributed by atoms with E-state index in [2.05, 4.69) is 13.8 Å². The smallest absolute Gasteiger partial charge is 0.145 e. The van der Waals surface area contributed by atoms with Crippen molar-refractivity contribution in [2.75, 3.05) is 0 Å². The molecule has 0 saturated carbocycles. The fourth-order valence-electron chi connectivity index (χ4n) is 0.792. The molecule has 1 nitrogen and oxygen atoms in total. The van der Waals surface area contributed by atoms with Gasteiger partial charge in [-0.3, -0.25) is 4.79 Å². The summed E-state index contributed by atoms with van der Waals surface area (Å²) in [6, 6.07) is 0. The lowest BCUT2D eigenvalue weighted by Crippen LogP contribution is -1.96. The second-order valence-corrected chi connectivity index (χ2v) is 3.61. The first-order valence-corrected chi connectivity index (χ1v) is 4.23. The van der Waals surface area contributed by atoms with E-state index in [-0.39, 0.29) is 0 Å². The van der Waals surface area contributed by atoms with Gasteiger partial charge in [-0.1, -0.05) is 33.8 Å². The zero-order valence-electron chi connectivity index (χ0n) is 7.92. The van der Waals surface area contributed by atoms with Crippen LogP contribution < -0.4 is 0 Å². The quantitative estimate of drug-likeness (QED) is 0.449. The van der Waals surface area contributed by atoms with Crippen molar-refractivity contribution >= 4 is 6.29 Å². The number of allylic oxidation sites excluding steroid dienone is 2. The summed E-state index contributed by atoms with van der Waals surface area (Å²) < 4.78 is 0. The Morgan fingerprint density at radius 3 is 2.09 bits per heavy atom. The van der Waals surface area contributed by atoms with Crippen molar-refractivity contribution in [1.82, 2.24) is 0 Å². The van der Waals surface area contributed by atoms with Crippen molar-refractivity contribution in [2.24, 2.45) is 11.8 Å². The minimum Gasteiger partial charge on any atom is -0.298 e. The van der Waals surface area contributed by atoms with Crippen molar-refractivity contribution < 1.29 is 4.79 Å². The van der Waals surface area contributed by atoms with Crippen molar-refractivity contribution in [3.63, 3.8) is 0 Å². The summed E-state index contributed by atoms with van der Waals surface area (Å²) in [6.45, 7) is 8.39. The van der Waals surface area contributed by atoms with Gasteiger partial charge >= 0.3 is 0 Å². The number of rotatable bonds is 4. The Kier molecular flexibility index (Phi) is 4.84. The molecule has 0 aliphatic carbocycles. The third-order valence-corrected chi connectivity index (χ3v) is 1.63. The lowest BCUT2D eigenvalue weighted by atomic mass is 10.0. The van der Waals surface area contributed by atoms with Crippen molar-refractivity contribution in [2.45, 2.75) is 34.1 Å². The van der Waals surface area contributed by atoms with Crippen LogP contribution in [-0.4, -0.2) is 6.29 Å². The van der Waals surface area contributed by atoms with Crippen LogP contribution >= 0.6 is 0 Å². The molecule has 0 amide bonds. The van der Waals surface area contributed by atoms with Crippen LogP contribution in [-0.2, 0) is 4.79 Å². The summed E-state index contributed by atoms with van der Waals surface area (Å²) in [5.41, 5.74) is 0.929. The fraction of sp³-hybridized carbons (Fsp3) is 0.700. The van der Waals surface area contributed by atoms with Gasteiger partial charge in [-0.25, -0.2) is 0 Å². The molecule has 0 heterocycles. The first-order chi connectivity index (χ1) is 5.07. The summed E-state index contributed by atoms with van der Waals surface area (Å²) in [5.74, 6) is 1.01. The molecule has 0 aromatic rings. The van der Waals surface area contributed by atoms with Gasteiger partial charge in [0.15, 0.2) is 0 Å². The molecule has 64 valence electrons. The Hall–Kier alpha value is -0.590. The Balaban J connectivity index is 4.01.